The first kappa shape index (κ1) is 23.7. The summed E-state index contributed by atoms with van der Waals surface area (Å²) in [6.45, 7) is 9.61. The number of hydrogen-bond acceptors (Lipinski definition) is 6. The van der Waals surface area contributed by atoms with Crippen LogP contribution in [0.25, 0.3) is 17.1 Å². The average Bonchev–Trinajstić information content (AvgIpc) is 3.20. The molecule has 1 atom stereocenters. The van der Waals surface area contributed by atoms with E-state index in [4.69, 9.17) is 0 Å². The third-order valence-electron chi connectivity index (χ3n) is 5.11. The molecule has 168 valence electrons. The van der Waals surface area contributed by atoms with Crippen molar-refractivity contribution < 1.29 is 9.59 Å². The normalized spacial score (nSPS) is 12.2. The summed E-state index contributed by atoms with van der Waals surface area (Å²) < 4.78 is 1.98. The molecule has 1 amide bonds. The van der Waals surface area contributed by atoms with Gasteiger partial charge in [-0.25, -0.2) is 0 Å². The number of carbonyl (C=O) groups excluding carboxylic acids is 2. The van der Waals surface area contributed by atoms with E-state index in [-0.39, 0.29) is 23.4 Å². The maximum atomic E-state index is 12.6. The molecule has 32 heavy (non-hydrogen) atoms. The fourth-order valence-corrected chi connectivity index (χ4v) is 4.28. The molecule has 0 radical (unpaired) electrons. The van der Waals surface area contributed by atoms with E-state index in [1.807, 2.05) is 48.7 Å². The van der Waals surface area contributed by atoms with E-state index < -0.39 is 6.04 Å². The number of aromatic nitrogens is 4. The van der Waals surface area contributed by atoms with Crippen LogP contribution in [-0.4, -0.2) is 43.2 Å². The zero-order chi connectivity index (χ0) is 23.3. The summed E-state index contributed by atoms with van der Waals surface area (Å²) in [6, 6.07) is 11.4. The Morgan fingerprint density at radius 3 is 2.44 bits per heavy atom. The summed E-state index contributed by atoms with van der Waals surface area (Å²) >= 11 is 1.30. The maximum Gasteiger partial charge on any atom is 0.231 e. The van der Waals surface area contributed by atoms with Crippen LogP contribution >= 0.6 is 11.8 Å². The Morgan fingerprint density at radius 1 is 1.06 bits per heavy atom. The first-order valence-electron chi connectivity index (χ1n) is 10.7. The van der Waals surface area contributed by atoms with Gasteiger partial charge in [0.05, 0.1) is 17.5 Å². The van der Waals surface area contributed by atoms with Gasteiger partial charge in [0.25, 0.3) is 0 Å². The quantitative estimate of drug-likeness (QED) is 0.489. The van der Waals surface area contributed by atoms with Crippen molar-refractivity contribution in [2.75, 3.05) is 5.75 Å². The van der Waals surface area contributed by atoms with Gasteiger partial charge in [-0.3, -0.25) is 19.1 Å². The van der Waals surface area contributed by atoms with Crippen LogP contribution in [0.15, 0.2) is 53.9 Å². The maximum absolute atomic E-state index is 12.6. The minimum atomic E-state index is -0.492. The lowest BCUT2D eigenvalue weighted by atomic mass is 10.0. The molecular formula is C24H29N5O2S. The van der Waals surface area contributed by atoms with Crippen molar-refractivity contribution >= 4 is 23.5 Å². The summed E-state index contributed by atoms with van der Waals surface area (Å²) in [7, 11) is 0. The molecule has 2 aromatic heterocycles. The number of ketones is 1. The van der Waals surface area contributed by atoms with Crippen molar-refractivity contribution in [1.29, 1.82) is 0 Å². The molecule has 1 unspecified atom stereocenters. The lowest BCUT2D eigenvalue weighted by Crippen LogP contribution is -2.44. The number of nitrogens with zero attached hydrogens (tertiary/aromatic N) is 4. The molecule has 8 heteroatoms. The molecular weight excluding hydrogens is 422 g/mol. The van der Waals surface area contributed by atoms with E-state index in [1.165, 1.54) is 18.7 Å². The Bertz CT molecular complexity index is 1080. The molecule has 0 aliphatic carbocycles. The van der Waals surface area contributed by atoms with Crippen molar-refractivity contribution in [1.82, 2.24) is 25.1 Å². The van der Waals surface area contributed by atoms with Gasteiger partial charge in [-0.2, -0.15) is 0 Å². The van der Waals surface area contributed by atoms with E-state index in [1.54, 1.807) is 12.4 Å². The third-order valence-corrected chi connectivity index (χ3v) is 6.04. The van der Waals surface area contributed by atoms with Crippen molar-refractivity contribution in [3.63, 3.8) is 0 Å². The molecule has 0 aliphatic heterocycles. The first-order chi connectivity index (χ1) is 15.3. The summed E-state index contributed by atoms with van der Waals surface area (Å²) in [4.78, 5) is 28.6. The Morgan fingerprint density at radius 2 is 1.81 bits per heavy atom. The first-order valence-corrected chi connectivity index (χ1v) is 11.7. The zero-order valence-corrected chi connectivity index (χ0v) is 19.9. The highest BCUT2D eigenvalue weighted by atomic mass is 32.2. The molecule has 1 N–H and O–H groups in total. The van der Waals surface area contributed by atoms with Gasteiger partial charge in [-0.1, -0.05) is 57.7 Å². The van der Waals surface area contributed by atoms with Gasteiger partial charge < -0.3 is 5.32 Å². The number of benzene rings is 1. The van der Waals surface area contributed by atoms with E-state index in [2.05, 4.69) is 40.4 Å². The van der Waals surface area contributed by atoms with Gasteiger partial charge in [-0.15, -0.1) is 10.2 Å². The van der Waals surface area contributed by atoms with Gasteiger partial charge in [0, 0.05) is 18.0 Å². The van der Waals surface area contributed by atoms with Crippen LogP contribution in [0.1, 0.15) is 46.1 Å². The molecule has 1 aromatic carbocycles. The minimum absolute atomic E-state index is 0.0280. The predicted octanol–water partition coefficient (Wildman–Crippen LogP) is 4.27. The number of rotatable bonds is 9. The number of nitrogens with one attached hydrogen (secondary N) is 1. The topological polar surface area (TPSA) is 89.8 Å². The van der Waals surface area contributed by atoms with Gasteiger partial charge >= 0.3 is 0 Å². The zero-order valence-electron chi connectivity index (χ0n) is 19.1. The molecule has 7 nitrogen and oxygen atoms in total. The number of carbonyl (C=O) groups is 2. The predicted molar refractivity (Wildman–Crippen MR) is 127 cm³/mol. The highest BCUT2D eigenvalue weighted by Crippen LogP contribution is 2.31. The average molecular weight is 452 g/mol. The summed E-state index contributed by atoms with van der Waals surface area (Å²) in [6.07, 6.45) is 3.46. The summed E-state index contributed by atoms with van der Waals surface area (Å²) in [5, 5.41) is 12.3. The fraction of sp³-hybridized carbons (Fsp3) is 0.375. The van der Waals surface area contributed by atoms with Crippen molar-refractivity contribution in [3.05, 3.63) is 54.4 Å². The molecule has 2 heterocycles. The fourth-order valence-electron chi connectivity index (χ4n) is 3.52. The van der Waals surface area contributed by atoms with E-state index in [0.29, 0.717) is 16.9 Å². The molecule has 0 spiro atoms. The van der Waals surface area contributed by atoms with Crippen LogP contribution in [0.3, 0.4) is 0 Å². The van der Waals surface area contributed by atoms with Crippen LogP contribution in [0.2, 0.25) is 0 Å². The standard InChI is InChI=1S/C24H29N5O2S/c1-15(2)19-10-6-7-11-20(19)29-23(18-9-8-12-25-13-18)27-28-24(29)32-14-21(31)26-22(16(3)4)17(5)30/h6-13,15-16,22H,14H2,1-5H3,(H,26,31). The molecule has 0 aliphatic rings. The van der Waals surface area contributed by atoms with Gasteiger partial charge in [0.2, 0.25) is 5.91 Å². The Hall–Kier alpha value is -3.00. The monoisotopic (exact) mass is 451 g/mol. The Labute approximate surface area is 193 Å². The van der Waals surface area contributed by atoms with E-state index in [0.717, 1.165) is 16.8 Å². The van der Waals surface area contributed by atoms with Gasteiger partial charge in [-0.05, 0) is 42.5 Å². The van der Waals surface area contributed by atoms with E-state index in [9.17, 15) is 9.59 Å². The van der Waals surface area contributed by atoms with Crippen molar-refractivity contribution in [3.8, 4) is 17.1 Å². The summed E-state index contributed by atoms with van der Waals surface area (Å²) in [5.41, 5.74) is 2.96. The van der Waals surface area contributed by atoms with Crippen LogP contribution in [0.5, 0.6) is 0 Å². The Balaban J connectivity index is 1.95. The van der Waals surface area contributed by atoms with Crippen molar-refractivity contribution in [2.45, 2.75) is 51.7 Å². The molecule has 0 saturated heterocycles. The molecule has 0 bridgehead atoms. The van der Waals surface area contributed by atoms with Crippen LogP contribution in [0, 0.1) is 5.92 Å². The van der Waals surface area contributed by atoms with Crippen molar-refractivity contribution in [2.24, 2.45) is 5.92 Å². The lowest BCUT2D eigenvalue weighted by Gasteiger charge is -2.19. The number of hydrogen-bond donors (Lipinski definition) is 1. The third kappa shape index (κ3) is 5.43. The molecule has 3 aromatic rings. The van der Waals surface area contributed by atoms with Crippen LogP contribution in [0.4, 0.5) is 0 Å². The smallest absolute Gasteiger partial charge is 0.231 e. The molecule has 0 saturated carbocycles. The summed E-state index contributed by atoms with van der Waals surface area (Å²) in [5.74, 6) is 0.854. The lowest BCUT2D eigenvalue weighted by molar-refractivity contribution is -0.126. The van der Waals surface area contributed by atoms with Gasteiger partial charge in [0.15, 0.2) is 16.8 Å². The number of amides is 1. The highest BCUT2D eigenvalue weighted by Gasteiger charge is 2.23. The number of pyridine rings is 1. The van der Waals surface area contributed by atoms with E-state index >= 15 is 0 Å². The second kappa shape index (κ2) is 10.5. The number of Topliss-reactive ketones (excluding diaryl/α,β-unsaturated/α-hetero) is 1. The minimum Gasteiger partial charge on any atom is -0.345 e. The number of para-hydroxylation sites is 1. The molecule has 3 rings (SSSR count). The van der Waals surface area contributed by atoms with Crippen LogP contribution < -0.4 is 5.32 Å². The number of thioether (sulfide) groups is 1. The Kier molecular flexibility index (Phi) is 7.80. The second-order valence-corrected chi connectivity index (χ2v) is 9.23. The largest absolute Gasteiger partial charge is 0.345 e. The second-order valence-electron chi connectivity index (χ2n) is 8.29. The highest BCUT2D eigenvalue weighted by molar-refractivity contribution is 7.99. The van der Waals surface area contributed by atoms with Crippen LogP contribution in [-0.2, 0) is 9.59 Å². The molecule has 0 fully saturated rings. The SMILES string of the molecule is CC(=O)C(NC(=O)CSc1nnc(-c2cccnc2)n1-c1ccccc1C(C)C)C(C)C. The van der Waals surface area contributed by atoms with Gasteiger partial charge in [0.1, 0.15) is 0 Å².